The molecular weight excluding hydrogens is 238 g/mol. The Hall–Kier alpha value is -2.64. The molecule has 94 valence electrons. The number of nitrogens with zero attached hydrogens (tertiary/aromatic N) is 3. The second kappa shape index (κ2) is 5.13. The number of nitro groups is 1. The molecule has 0 radical (unpaired) electrons. The summed E-state index contributed by atoms with van der Waals surface area (Å²) in [6.45, 7) is 0.303. The van der Waals surface area contributed by atoms with Gasteiger partial charge in [-0.25, -0.2) is 4.98 Å². The Morgan fingerprint density at radius 1 is 1.44 bits per heavy atom. The van der Waals surface area contributed by atoms with Gasteiger partial charge in [0.25, 0.3) is 0 Å². The van der Waals surface area contributed by atoms with Crippen LogP contribution >= 0.6 is 0 Å². The highest BCUT2D eigenvalue weighted by atomic mass is 16.6. The summed E-state index contributed by atoms with van der Waals surface area (Å²) in [4.78, 5) is 14.5. The van der Waals surface area contributed by atoms with Crippen LogP contribution in [-0.2, 0) is 6.54 Å². The van der Waals surface area contributed by atoms with Gasteiger partial charge in [0.05, 0.1) is 11.5 Å². The molecule has 2 heterocycles. The maximum atomic E-state index is 10.9. The van der Waals surface area contributed by atoms with Crippen LogP contribution in [0, 0.1) is 10.1 Å². The second-order valence-corrected chi connectivity index (χ2v) is 3.42. The predicted octanol–water partition coefficient (Wildman–Crippen LogP) is 1.63. The first-order valence-electron chi connectivity index (χ1n) is 5.17. The van der Waals surface area contributed by atoms with Crippen LogP contribution in [0.2, 0.25) is 0 Å². The number of nitrogens with one attached hydrogen (secondary N) is 2. The van der Waals surface area contributed by atoms with E-state index in [0.717, 1.165) is 0 Å². The van der Waals surface area contributed by atoms with E-state index in [9.17, 15) is 10.1 Å². The first kappa shape index (κ1) is 11.8. The van der Waals surface area contributed by atoms with Gasteiger partial charge in [0.2, 0.25) is 5.82 Å². The molecular formula is C10H11N5O3. The lowest BCUT2D eigenvalue weighted by molar-refractivity contribution is -0.384. The summed E-state index contributed by atoms with van der Waals surface area (Å²) in [6, 6.07) is 4.60. The van der Waals surface area contributed by atoms with Crippen molar-refractivity contribution in [2.24, 2.45) is 0 Å². The van der Waals surface area contributed by atoms with Gasteiger partial charge in [-0.1, -0.05) is 5.16 Å². The third-order valence-electron chi connectivity index (χ3n) is 2.25. The second-order valence-electron chi connectivity index (χ2n) is 3.42. The summed E-state index contributed by atoms with van der Waals surface area (Å²) >= 11 is 0. The van der Waals surface area contributed by atoms with Crippen molar-refractivity contribution in [1.82, 2.24) is 10.1 Å². The lowest BCUT2D eigenvalue weighted by Crippen LogP contribution is -2.06. The van der Waals surface area contributed by atoms with Crippen LogP contribution in [0.5, 0.6) is 0 Å². The molecule has 0 aliphatic carbocycles. The molecule has 2 N–H and O–H groups in total. The number of aromatic nitrogens is 2. The molecule has 0 fully saturated rings. The van der Waals surface area contributed by atoms with Crippen molar-refractivity contribution in [3.05, 3.63) is 40.3 Å². The summed E-state index contributed by atoms with van der Waals surface area (Å²) in [7, 11) is 1.69. The van der Waals surface area contributed by atoms with Crippen LogP contribution in [-0.4, -0.2) is 22.1 Å². The Morgan fingerprint density at radius 3 is 2.89 bits per heavy atom. The van der Waals surface area contributed by atoms with Crippen molar-refractivity contribution in [2.45, 2.75) is 6.54 Å². The minimum Gasteiger partial charge on any atom is -0.373 e. The van der Waals surface area contributed by atoms with Crippen LogP contribution in [0.15, 0.2) is 29.0 Å². The standard InChI is InChI=1S/C10H11N5O3/c1-11-9-3-2-8(15(16)17)10(13-9)12-6-7-4-5-18-14-7/h2-5H,6H2,1H3,(H2,11,12,13). The number of hydrogen-bond donors (Lipinski definition) is 2. The van der Waals surface area contributed by atoms with E-state index in [-0.39, 0.29) is 11.5 Å². The van der Waals surface area contributed by atoms with Crippen molar-refractivity contribution in [3.8, 4) is 0 Å². The summed E-state index contributed by atoms with van der Waals surface area (Å²) in [5.74, 6) is 0.734. The minimum atomic E-state index is -0.489. The fourth-order valence-electron chi connectivity index (χ4n) is 1.37. The van der Waals surface area contributed by atoms with Crippen molar-refractivity contribution in [1.29, 1.82) is 0 Å². The molecule has 8 nitrogen and oxygen atoms in total. The third kappa shape index (κ3) is 2.54. The molecule has 0 saturated heterocycles. The van der Waals surface area contributed by atoms with Gasteiger partial charge in [-0.15, -0.1) is 0 Å². The lowest BCUT2D eigenvalue weighted by Gasteiger charge is -2.06. The van der Waals surface area contributed by atoms with Crippen LogP contribution in [0.3, 0.4) is 0 Å². The number of pyridine rings is 1. The fraction of sp³-hybridized carbons (Fsp3) is 0.200. The monoisotopic (exact) mass is 249 g/mol. The summed E-state index contributed by atoms with van der Waals surface area (Å²) < 4.78 is 4.67. The molecule has 0 unspecified atom stereocenters. The van der Waals surface area contributed by atoms with Crippen LogP contribution < -0.4 is 10.6 Å². The van der Waals surface area contributed by atoms with E-state index in [4.69, 9.17) is 0 Å². The summed E-state index contributed by atoms with van der Waals surface area (Å²) in [5.41, 5.74) is 0.554. The average molecular weight is 249 g/mol. The van der Waals surface area contributed by atoms with Crippen molar-refractivity contribution in [2.75, 3.05) is 17.7 Å². The molecule has 2 rings (SSSR count). The van der Waals surface area contributed by atoms with Crippen LogP contribution in [0.1, 0.15) is 5.69 Å². The Kier molecular flexibility index (Phi) is 3.37. The average Bonchev–Trinajstić information content (AvgIpc) is 2.88. The molecule has 0 aromatic carbocycles. The molecule has 0 aliphatic heterocycles. The molecule has 0 spiro atoms. The Labute approximate surface area is 102 Å². The molecule has 2 aromatic rings. The van der Waals surface area contributed by atoms with Gasteiger partial charge in [0, 0.05) is 19.2 Å². The first-order chi connectivity index (χ1) is 8.70. The Bertz CT molecular complexity index is 540. The zero-order valence-electron chi connectivity index (χ0n) is 9.58. The molecule has 0 bridgehead atoms. The van der Waals surface area contributed by atoms with Gasteiger partial charge >= 0.3 is 5.69 Å². The van der Waals surface area contributed by atoms with Gasteiger partial charge in [0.1, 0.15) is 17.8 Å². The third-order valence-corrected chi connectivity index (χ3v) is 2.25. The fourth-order valence-corrected chi connectivity index (χ4v) is 1.37. The van der Waals surface area contributed by atoms with E-state index < -0.39 is 4.92 Å². The van der Waals surface area contributed by atoms with E-state index in [1.807, 2.05) is 0 Å². The predicted molar refractivity (Wildman–Crippen MR) is 64.3 cm³/mol. The quantitative estimate of drug-likeness (QED) is 0.612. The zero-order valence-corrected chi connectivity index (χ0v) is 9.58. The smallest absolute Gasteiger partial charge is 0.311 e. The highest BCUT2D eigenvalue weighted by Gasteiger charge is 2.15. The normalized spacial score (nSPS) is 10.1. The number of hydrogen-bond acceptors (Lipinski definition) is 7. The SMILES string of the molecule is CNc1ccc([N+](=O)[O-])c(NCc2ccon2)n1. The molecule has 0 amide bonds. The molecule has 0 aliphatic rings. The first-order valence-corrected chi connectivity index (χ1v) is 5.17. The molecule has 18 heavy (non-hydrogen) atoms. The lowest BCUT2D eigenvalue weighted by atomic mass is 10.3. The van der Waals surface area contributed by atoms with E-state index in [1.54, 1.807) is 19.2 Å². The molecule has 2 aromatic heterocycles. The molecule has 0 atom stereocenters. The van der Waals surface area contributed by atoms with Crippen LogP contribution in [0.25, 0.3) is 0 Å². The van der Waals surface area contributed by atoms with Gasteiger partial charge in [0.15, 0.2) is 0 Å². The summed E-state index contributed by atoms with van der Waals surface area (Å²) in [6.07, 6.45) is 1.43. The van der Waals surface area contributed by atoms with Crippen molar-refractivity contribution in [3.63, 3.8) is 0 Å². The van der Waals surface area contributed by atoms with Gasteiger partial charge in [-0.2, -0.15) is 0 Å². The maximum absolute atomic E-state index is 10.9. The van der Waals surface area contributed by atoms with E-state index in [2.05, 4.69) is 25.3 Å². The Balaban J connectivity index is 2.20. The molecule has 8 heteroatoms. The highest BCUT2D eigenvalue weighted by Crippen LogP contribution is 2.24. The van der Waals surface area contributed by atoms with Crippen molar-refractivity contribution < 1.29 is 9.45 Å². The van der Waals surface area contributed by atoms with Crippen LogP contribution in [0.4, 0.5) is 17.3 Å². The van der Waals surface area contributed by atoms with Gasteiger partial charge in [-0.05, 0) is 6.07 Å². The maximum Gasteiger partial charge on any atom is 0.311 e. The Morgan fingerprint density at radius 2 is 2.28 bits per heavy atom. The topological polar surface area (TPSA) is 106 Å². The summed E-state index contributed by atoms with van der Waals surface area (Å²) in [5, 5.41) is 20.2. The minimum absolute atomic E-state index is 0.0857. The van der Waals surface area contributed by atoms with E-state index >= 15 is 0 Å². The van der Waals surface area contributed by atoms with E-state index in [1.165, 1.54) is 12.3 Å². The van der Waals surface area contributed by atoms with Gasteiger partial charge < -0.3 is 15.2 Å². The highest BCUT2D eigenvalue weighted by molar-refractivity contribution is 5.60. The largest absolute Gasteiger partial charge is 0.373 e. The van der Waals surface area contributed by atoms with Gasteiger partial charge in [-0.3, -0.25) is 10.1 Å². The zero-order chi connectivity index (χ0) is 13.0. The number of rotatable bonds is 5. The number of anilines is 2. The van der Waals surface area contributed by atoms with Crippen molar-refractivity contribution >= 4 is 17.3 Å². The molecule has 0 saturated carbocycles. The van der Waals surface area contributed by atoms with E-state index in [0.29, 0.717) is 18.1 Å².